The zero-order valence-corrected chi connectivity index (χ0v) is 8.82. The van der Waals surface area contributed by atoms with E-state index in [1.165, 1.54) is 4.90 Å². The van der Waals surface area contributed by atoms with Gasteiger partial charge in [0.2, 0.25) is 0 Å². The van der Waals surface area contributed by atoms with Gasteiger partial charge in [0, 0.05) is 13.6 Å². The first-order valence-corrected chi connectivity index (χ1v) is 4.55. The number of rotatable bonds is 4. The second kappa shape index (κ2) is 6.06. The zero-order chi connectivity index (χ0) is 11.1. The molecule has 0 spiro atoms. The standard InChI is InChI=1S/C8H18N4O2/c1-4-6(7(9)11-14)10-8(13)12(3)5-2/h6,14H,4-5H2,1-3H3,(H2,9,11)(H,10,13). The van der Waals surface area contributed by atoms with Gasteiger partial charge >= 0.3 is 6.03 Å². The van der Waals surface area contributed by atoms with Crippen LogP contribution in [0.25, 0.3) is 0 Å². The van der Waals surface area contributed by atoms with Crippen LogP contribution in [-0.4, -0.2) is 41.6 Å². The normalized spacial score (nSPS) is 13.5. The van der Waals surface area contributed by atoms with Gasteiger partial charge in [0.1, 0.15) is 0 Å². The molecule has 0 aromatic rings. The number of nitrogens with one attached hydrogen (secondary N) is 1. The number of carbonyl (C=O) groups is 1. The van der Waals surface area contributed by atoms with Gasteiger partial charge in [-0.2, -0.15) is 0 Å². The number of oxime groups is 1. The SMILES string of the molecule is CCC(NC(=O)N(C)CC)C(N)=NO. The second-order valence-corrected chi connectivity index (χ2v) is 2.95. The van der Waals surface area contributed by atoms with Crippen molar-refractivity contribution in [2.24, 2.45) is 10.9 Å². The minimum absolute atomic E-state index is 0.0188. The number of nitrogens with two attached hydrogens (primary N) is 1. The molecule has 6 nitrogen and oxygen atoms in total. The second-order valence-electron chi connectivity index (χ2n) is 2.95. The average Bonchev–Trinajstić information content (AvgIpc) is 2.22. The summed E-state index contributed by atoms with van der Waals surface area (Å²) in [6.45, 7) is 4.32. The molecule has 82 valence electrons. The molecule has 0 aromatic heterocycles. The van der Waals surface area contributed by atoms with Gasteiger partial charge in [0.25, 0.3) is 0 Å². The van der Waals surface area contributed by atoms with E-state index in [2.05, 4.69) is 10.5 Å². The van der Waals surface area contributed by atoms with Gasteiger partial charge in [-0.05, 0) is 13.3 Å². The maximum absolute atomic E-state index is 11.4. The Kier molecular flexibility index (Phi) is 5.43. The van der Waals surface area contributed by atoms with E-state index in [0.717, 1.165) is 0 Å². The van der Waals surface area contributed by atoms with Crippen molar-refractivity contribution in [1.29, 1.82) is 0 Å². The Hall–Kier alpha value is -1.46. The number of urea groups is 1. The summed E-state index contributed by atoms with van der Waals surface area (Å²) in [5.74, 6) is 0.0188. The summed E-state index contributed by atoms with van der Waals surface area (Å²) in [6.07, 6.45) is 0.583. The molecule has 0 radical (unpaired) electrons. The minimum Gasteiger partial charge on any atom is -0.409 e. The summed E-state index contributed by atoms with van der Waals surface area (Å²) in [5, 5.41) is 13.9. The summed E-state index contributed by atoms with van der Waals surface area (Å²) in [6, 6.07) is -0.646. The third-order valence-corrected chi connectivity index (χ3v) is 2.00. The van der Waals surface area contributed by atoms with Crippen LogP contribution in [0.3, 0.4) is 0 Å². The van der Waals surface area contributed by atoms with Crippen molar-refractivity contribution in [1.82, 2.24) is 10.2 Å². The van der Waals surface area contributed by atoms with Crippen molar-refractivity contribution in [3.8, 4) is 0 Å². The molecule has 1 atom stereocenters. The molecule has 14 heavy (non-hydrogen) atoms. The van der Waals surface area contributed by atoms with Crippen molar-refractivity contribution < 1.29 is 10.0 Å². The molecular formula is C8H18N4O2. The van der Waals surface area contributed by atoms with Crippen LogP contribution < -0.4 is 11.1 Å². The van der Waals surface area contributed by atoms with Crippen molar-refractivity contribution in [3.05, 3.63) is 0 Å². The Labute approximate surface area is 83.7 Å². The van der Waals surface area contributed by atoms with E-state index in [1.54, 1.807) is 7.05 Å². The van der Waals surface area contributed by atoms with Gasteiger partial charge in [0.15, 0.2) is 5.84 Å². The van der Waals surface area contributed by atoms with Crippen molar-refractivity contribution in [2.45, 2.75) is 26.3 Å². The molecule has 0 heterocycles. The van der Waals surface area contributed by atoms with E-state index >= 15 is 0 Å². The molecule has 1 unspecified atom stereocenters. The van der Waals surface area contributed by atoms with Crippen LogP contribution in [0.15, 0.2) is 5.16 Å². The largest absolute Gasteiger partial charge is 0.409 e. The van der Waals surface area contributed by atoms with Crippen LogP contribution in [0, 0.1) is 0 Å². The molecule has 0 saturated heterocycles. The molecule has 0 rings (SSSR count). The topological polar surface area (TPSA) is 91.0 Å². The molecule has 0 saturated carbocycles. The first-order chi connectivity index (χ1) is 6.56. The summed E-state index contributed by atoms with van der Waals surface area (Å²) >= 11 is 0. The first-order valence-electron chi connectivity index (χ1n) is 4.55. The van der Waals surface area contributed by atoms with Crippen LogP contribution in [-0.2, 0) is 0 Å². The number of amides is 2. The highest BCUT2D eigenvalue weighted by Gasteiger charge is 2.16. The summed E-state index contributed by atoms with van der Waals surface area (Å²) in [7, 11) is 1.67. The van der Waals surface area contributed by atoms with Crippen molar-refractivity contribution in [3.63, 3.8) is 0 Å². The maximum atomic E-state index is 11.4. The summed E-state index contributed by atoms with van der Waals surface area (Å²) in [5.41, 5.74) is 5.38. The summed E-state index contributed by atoms with van der Waals surface area (Å²) in [4.78, 5) is 12.9. The highest BCUT2D eigenvalue weighted by atomic mass is 16.4. The van der Waals surface area contributed by atoms with Gasteiger partial charge in [0.05, 0.1) is 6.04 Å². The third kappa shape index (κ3) is 3.51. The van der Waals surface area contributed by atoms with E-state index in [1.807, 2.05) is 13.8 Å². The van der Waals surface area contributed by atoms with Crippen LogP contribution >= 0.6 is 0 Å². The number of nitrogens with zero attached hydrogens (tertiary/aromatic N) is 2. The predicted molar refractivity (Wildman–Crippen MR) is 54.3 cm³/mol. The van der Waals surface area contributed by atoms with E-state index in [0.29, 0.717) is 13.0 Å². The lowest BCUT2D eigenvalue weighted by Crippen LogP contribution is -2.48. The van der Waals surface area contributed by atoms with Crippen LogP contribution in [0.2, 0.25) is 0 Å². The summed E-state index contributed by atoms with van der Waals surface area (Å²) < 4.78 is 0. The first kappa shape index (κ1) is 12.5. The minimum atomic E-state index is -0.415. The molecule has 0 aromatic carbocycles. The lowest BCUT2D eigenvalue weighted by atomic mass is 10.2. The van der Waals surface area contributed by atoms with Crippen LogP contribution in [0.4, 0.5) is 4.79 Å². The maximum Gasteiger partial charge on any atom is 0.317 e. The van der Waals surface area contributed by atoms with E-state index in [-0.39, 0.29) is 11.9 Å². The number of amidine groups is 1. The molecule has 4 N–H and O–H groups in total. The third-order valence-electron chi connectivity index (χ3n) is 2.00. The van der Waals surface area contributed by atoms with Crippen LogP contribution in [0.5, 0.6) is 0 Å². The lowest BCUT2D eigenvalue weighted by Gasteiger charge is -2.20. The zero-order valence-electron chi connectivity index (χ0n) is 8.82. The molecular weight excluding hydrogens is 184 g/mol. The molecule has 0 aliphatic rings. The number of hydrogen-bond acceptors (Lipinski definition) is 3. The fourth-order valence-corrected chi connectivity index (χ4v) is 0.858. The smallest absolute Gasteiger partial charge is 0.317 e. The quantitative estimate of drug-likeness (QED) is 0.263. The monoisotopic (exact) mass is 202 g/mol. The van der Waals surface area contributed by atoms with E-state index in [4.69, 9.17) is 10.9 Å². The Bertz CT molecular complexity index is 217. The van der Waals surface area contributed by atoms with Gasteiger partial charge in [-0.1, -0.05) is 12.1 Å². The van der Waals surface area contributed by atoms with E-state index in [9.17, 15) is 4.79 Å². The highest BCUT2D eigenvalue weighted by Crippen LogP contribution is 1.93. The molecule has 0 aliphatic heterocycles. The number of carbonyl (C=O) groups excluding carboxylic acids is 1. The van der Waals surface area contributed by atoms with Gasteiger partial charge < -0.3 is 21.2 Å². The Morgan fingerprint density at radius 2 is 2.21 bits per heavy atom. The molecule has 0 fully saturated rings. The Morgan fingerprint density at radius 1 is 1.64 bits per heavy atom. The fraction of sp³-hybridized carbons (Fsp3) is 0.750. The van der Waals surface area contributed by atoms with Crippen molar-refractivity contribution >= 4 is 11.9 Å². The predicted octanol–water partition coefficient (Wildman–Crippen LogP) is 0.173. The fourth-order valence-electron chi connectivity index (χ4n) is 0.858. The van der Waals surface area contributed by atoms with Gasteiger partial charge in [-0.25, -0.2) is 4.79 Å². The van der Waals surface area contributed by atoms with Crippen molar-refractivity contribution in [2.75, 3.05) is 13.6 Å². The molecule has 2 amide bonds. The highest BCUT2D eigenvalue weighted by molar-refractivity contribution is 5.89. The van der Waals surface area contributed by atoms with E-state index < -0.39 is 6.04 Å². The Morgan fingerprint density at radius 3 is 2.57 bits per heavy atom. The van der Waals surface area contributed by atoms with Gasteiger partial charge in [-0.15, -0.1) is 0 Å². The Balaban J connectivity index is 4.26. The van der Waals surface area contributed by atoms with Gasteiger partial charge in [-0.3, -0.25) is 0 Å². The molecule has 6 heteroatoms. The lowest BCUT2D eigenvalue weighted by molar-refractivity contribution is 0.209. The molecule has 0 aliphatic carbocycles. The average molecular weight is 202 g/mol. The number of hydrogen-bond donors (Lipinski definition) is 3. The van der Waals surface area contributed by atoms with Crippen LogP contribution in [0.1, 0.15) is 20.3 Å². The molecule has 0 bridgehead atoms.